The van der Waals surface area contributed by atoms with Crippen LogP contribution in [0.2, 0.25) is 5.02 Å². The Morgan fingerprint density at radius 1 is 1.50 bits per heavy atom. The smallest absolute Gasteiger partial charge is 0.308 e. The predicted molar refractivity (Wildman–Crippen MR) is 65.2 cm³/mol. The van der Waals surface area contributed by atoms with Crippen LogP contribution in [0, 0.1) is 11.7 Å². The molecule has 1 atom stereocenters. The van der Waals surface area contributed by atoms with Gasteiger partial charge < -0.3 is 10.4 Å². The topological polar surface area (TPSA) is 66.4 Å². The molecular formula is C12H13ClFNO3. The highest BCUT2D eigenvalue weighted by atomic mass is 35.5. The van der Waals surface area contributed by atoms with E-state index in [0.29, 0.717) is 6.42 Å². The van der Waals surface area contributed by atoms with Crippen LogP contribution in [0.1, 0.15) is 23.7 Å². The molecule has 0 saturated carbocycles. The van der Waals surface area contributed by atoms with Crippen molar-refractivity contribution < 1.29 is 19.1 Å². The normalized spacial score (nSPS) is 11.9. The molecule has 4 nitrogen and oxygen atoms in total. The molecule has 0 aliphatic carbocycles. The summed E-state index contributed by atoms with van der Waals surface area (Å²) >= 11 is 5.66. The van der Waals surface area contributed by atoms with Gasteiger partial charge in [0.15, 0.2) is 0 Å². The van der Waals surface area contributed by atoms with Gasteiger partial charge in [-0.1, -0.05) is 18.5 Å². The molecule has 0 fully saturated rings. The molecule has 0 aliphatic heterocycles. The van der Waals surface area contributed by atoms with Gasteiger partial charge in [-0.25, -0.2) is 4.39 Å². The Balaban J connectivity index is 2.71. The number of aliphatic carboxylic acids is 1. The summed E-state index contributed by atoms with van der Waals surface area (Å²) < 4.78 is 13.3. The molecule has 1 unspecified atom stereocenters. The van der Waals surface area contributed by atoms with Crippen molar-refractivity contribution >= 4 is 23.5 Å². The average molecular weight is 274 g/mol. The number of nitrogens with one attached hydrogen (secondary N) is 1. The Morgan fingerprint density at radius 3 is 2.72 bits per heavy atom. The van der Waals surface area contributed by atoms with E-state index in [4.69, 9.17) is 16.7 Å². The van der Waals surface area contributed by atoms with Gasteiger partial charge in [-0.3, -0.25) is 9.59 Å². The molecule has 0 aromatic heterocycles. The van der Waals surface area contributed by atoms with Crippen molar-refractivity contribution in [1.29, 1.82) is 0 Å². The molecule has 6 heteroatoms. The molecule has 2 N–H and O–H groups in total. The van der Waals surface area contributed by atoms with Gasteiger partial charge in [0.2, 0.25) is 0 Å². The van der Waals surface area contributed by atoms with Gasteiger partial charge in [0, 0.05) is 11.6 Å². The van der Waals surface area contributed by atoms with Crippen LogP contribution in [0.3, 0.4) is 0 Å². The molecule has 0 saturated heterocycles. The molecule has 0 heterocycles. The van der Waals surface area contributed by atoms with E-state index in [-0.39, 0.29) is 17.1 Å². The van der Waals surface area contributed by atoms with Crippen LogP contribution in [0.25, 0.3) is 0 Å². The summed E-state index contributed by atoms with van der Waals surface area (Å²) in [6.07, 6.45) is 0.383. The largest absolute Gasteiger partial charge is 0.481 e. The number of carboxylic acid groups (broad SMARTS) is 1. The highest BCUT2D eigenvalue weighted by Gasteiger charge is 2.18. The number of carbonyl (C=O) groups is 2. The fourth-order valence-corrected chi connectivity index (χ4v) is 1.56. The molecule has 98 valence electrons. The van der Waals surface area contributed by atoms with Gasteiger partial charge in [-0.2, -0.15) is 0 Å². The average Bonchev–Trinajstić information content (AvgIpc) is 2.32. The molecule has 1 amide bonds. The minimum Gasteiger partial charge on any atom is -0.481 e. The summed E-state index contributed by atoms with van der Waals surface area (Å²) in [5.74, 6) is -3.05. The quantitative estimate of drug-likeness (QED) is 0.865. The predicted octanol–water partition coefficient (Wildman–Crippen LogP) is 2.32. The molecule has 0 spiro atoms. The standard InChI is InChI=1S/C12H13ClFNO3/c1-2-7(12(17)18)6-15-11(16)9-5-8(13)3-4-10(9)14/h3-5,7H,2,6H2,1H3,(H,15,16)(H,17,18). The van der Waals surface area contributed by atoms with E-state index in [1.54, 1.807) is 6.92 Å². The van der Waals surface area contributed by atoms with Crippen LogP contribution < -0.4 is 5.32 Å². The maximum absolute atomic E-state index is 13.3. The van der Waals surface area contributed by atoms with Crippen molar-refractivity contribution in [2.45, 2.75) is 13.3 Å². The summed E-state index contributed by atoms with van der Waals surface area (Å²) in [4.78, 5) is 22.4. The second-order valence-corrected chi connectivity index (χ2v) is 4.21. The number of benzene rings is 1. The maximum Gasteiger partial charge on any atom is 0.308 e. The zero-order valence-corrected chi connectivity index (χ0v) is 10.5. The summed E-state index contributed by atoms with van der Waals surface area (Å²) in [5.41, 5.74) is -0.192. The molecule has 18 heavy (non-hydrogen) atoms. The van der Waals surface area contributed by atoms with Gasteiger partial charge in [-0.15, -0.1) is 0 Å². The zero-order chi connectivity index (χ0) is 13.7. The summed E-state index contributed by atoms with van der Waals surface area (Å²) in [5, 5.41) is 11.4. The van der Waals surface area contributed by atoms with Gasteiger partial charge >= 0.3 is 5.97 Å². The van der Waals surface area contributed by atoms with E-state index in [9.17, 15) is 14.0 Å². The molecule has 0 radical (unpaired) electrons. The number of hydrogen-bond acceptors (Lipinski definition) is 2. The van der Waals surface area contributed by atoms with Crippen molar-refractivity contribution in [2.75, 3.05) is 6.54 Å². The number of carbonyl (C=O) groups excluding carboxylic acids is 1. The second-order valence-electron chi connectivity index (χ2n) is 3.78. The van der Waals surface area contributed by atoms with Crippen molar-refractivity contribution in [3.05, 3.63) is 34.6 Å². The molecule has 1 aromatic carbocycles. The Kier molecular flexibility index (Phi) is 5.09. The Hall–Kier alpha value is -1.62. The van der Waals surface area contributed by atoms with E-state index in [1.165, 1.54) is 12.1 Å². The van der Waals surface area contributed by atoms with Crippen LogP contribution in [0.15, 0.2) is 18.2 Å². The minimum absolute atomic E-state index is 0.0450. The molecule has 0 aliphatic rings. The molecule has 1 rings (SSSR count). The Bertz CT molecular complexity index is 465. The fraction of sp³-hybridized carbons (Fsp3) is 0.333. The molecular weight excluding hydrogens is 261 g/mol. The Morgan fingerprint density at radius 2 is 2.17 bits per heavy atom. The summed E-state index contributed by atoms with van der Waals surface area (Å²) in [6, 6.07) is 3.62. The van der Waals surface area contributed by atoms with Gasteiger partial charge in [0.1, 0.15) is 5.82 Å². The zero-order valence-electron chi connectivity index (χ0n) is 9.74. The molecule has 1 aromatic rings. The third kappa shape index (κ3) is 3.70. The monoisotopic (exact) mass is 273 g/mol. The fourth-order valence-electron chi connectivity index (χ4n) is 1.39. The summed E-state index contributed by atoms with van der Waals surface area (Å²) in [7, 11) is 0. The lowest BCUT2D eigenvalue weighted by molar-refractivity contribution is -0.141. The molecule has 0 bridgehead atoms. The van der Waals surface area contributed by atoms with Crippen molar-refractivity contribution in [1.82, 2.24) is 5.32 Å². The third-order valence-corrected chi connectivity index (χ3v) is 2.76. The summed E-state index contributed by atoms with van der Waals surface area (Å²) in [6.45, 7) is 1.65. The lowest BCUT2D eigenvalue weighted by Crippen LogP contribution is -2.33. The van der Waals surface area contributed by atoms with E-state index >= 15 is 0 Å². The van der Waals surface area contributed by atoms with E-state index < -0.39 is 23.6 Å². The van der Waals surface area contributed by atoms with Crippen molar-refractivity contribution in [3.63, 3.8) is 0 Å². The second kappa shape index (κ2) is 6.35. The highest BCUT2D eigenvalue weighted by Crippen LogP contribution is 2.14. The lowest BCUT2D eigenvalue weighted by Gasteiger charge is -2.11. The third-order valence-electron chi connectivity index (χ3n) is 2.52. The van der Waals surface area contributed by atoms with Crippen molar-refractivity contribution in [2.24, 2.45) is 5.92 Å². The number of halogens is 2. The number of carboxylic acids is 1. The lowest BCUT2D eigenvalue weighted by atomic mass is 10.1. The van der Waals surface area contributed by atoms with Gasteiger partial charge in [0.25, 0.3) is 5.91 Å². The van der Waals surface area contributed by atoms with Gasteiger partial charge in [-0.05, 0) is 24.6 Å². The first kappa shape index (κ1) is 14.4. The first-order valence-corrected chi connectivity index (χ1v) is 5.79. The van der Waals surface area contributed by atoms with Crippen LogP contribution in [-0.2, 0) is 4.79 Å². The van der Waals surface area contributed by atoms with Gasteiger partial charge in [0.05, 0.1) is 11.5 Å². The van der Waals surface area contributed by atoms with Crippen molar-refractivity contribution in [3.8, 4) is 0 Å². The first-order chi connectivity index (χ1) is 8.45. The SMILES string of the molecule is CCC(CNC(=O)c1cc(Cl)ccc1F)C(=O)O. The Labute approximate surface area is 109 Å². The van der Waals surface area contributed by atoms with E-state index in [0.717, 1.165) is 6.07 Å². The van der Waals surface area contributed by atoms with E-state index in [2.05, 4.69) is 5.32 Å². The maximum atomic E-state index is 13.3. The number of amides is 1. The van der Waals surface area contributed by atoms with Crippen LogP contribution in [0.5, 0.6) is 0 Å². The number of hydrogen-bond donors (Lipinski definition) is 2. The first-order valence-electron chi connectivity index (χ1n) is 5.41. The van der Waals surface area contributed by atoms with Crippen LogP contribution in [0.4, 0.5) is 4.39 Å². The van der Waals surface area contributed by atoms with E-state index in [1.807, 2.05) is 0 Å². The van der Waals surface area contributed by atoms with Crippen LogP contribution in [-0.4, -0.2) is 23.5 Å². The number of rotatable bonds is 5. The van der Waals surface area contributed by atoms with Crippen LogP contribution >= 0.6 is 11.6 Å². The highest BCUT2D eigenvalue weighted by molar-refractivity contribution is 6.31. The minimum atomic E-state index is -0.996.